The third-order valence-electron chi connectivity index (χ3n) is 8.20. The minimum atomic E-state index is -0.339. The van der Waals surface area contributed by atoms with Gasteiger partial charge < -0.3 is 14.9 Å². The van der Waals surface area contributed by atoms with E-state index in [1.165, 1.54) is 6.92 Å². The van der Waals surface area contributed by atoms with Crippen molar-refractivity contribution in [2.45, 2.75) is 71.8 Å². The summed E-state index contributed by atoms with van der Waals surface area (Å²) < 4.78 is 5.46. The van der Waals surface area contributed by atoms with Gasteiger partial charge in [0.25, 0.3) is 0 Å². The molecule has 3 rings (SSSR count). The first-order valence-corrected chi connectivity index (χ1v) is 10.2. The fourth-order valence-corrected chi connectivity index (χ4v) is 6.49. The Balaban J connectivity index is 1.91. The Bertz CT molecular complexity index is 561. The number of Topliss-reactive ketones (excluding diaryl/α,β-unsaturated/α-hetero) is 1. The number of aliphatic hydroxyl groups excluding tert-OH is 2. The van der Waals surface area contributed by atoms with Crippen molar-refractivity contribution in [2.24, 2.45) is 34.5 Å². The fourth-order valence-electron chi connectivity index (χ4n) is 6.49. The molecule has 3 aliphatic carbocycles. The number of hydrogen-bond acceptors (Lipinski definition) is 5. The summed E-state index contributed by atoms with van der Waals surface area (Å²) in [5, 5.41) is 20.1. The van der Waals surface area contributed by atoms with Crippen LogP contribution < -0.4 is 0 Å². The molecule has 0 heterocycles. The Morgan fingerprint density at radius 2 is 1.92 bits per heavy atom. The normalized spacial score (nSPS) is 46.0. The maximum atomic E-state index is 12.6. The lowest BCUT2D eigenvalue weighted by Gasteiger charge is -2.55. The quantitative estimate of drug-likeness (QED) is 0.748. The van der Waals surface area contributed by atoms with Gasteiger partial charge in [0.15, 0.2) is 0 Å². The molecule has 0 spiro atoms. The van der Waals surface area contributed by atoms with E-state index in [1.54, 1.807) is 0 Å². The summed E-state index contributed by atoms with van der Waals surface area (Å²) >= 11 is 0. The molecule has 0 amide bonds. The molecule has 0 aliphatic heterocycles. The van der Waals surface area contributed by atoms with E-state index in [-0.39, 0.29) is 47.3 Å². The molecule has 0 unspecified atom stereocenters. The van der Waals surface area contributed by atoms with Crippen LogP contribution in [0, 0.1) is 34.5 Å². The molecule has 148 valence electrons. The average molecular weight is 366 g/mol. The highest BCUT2D eigenvalue weighted by atomic mass is 16.5. The zero-order valence-corrected chi connectivity index (χ0v) is 16.4. The largest absolute Gasteiger partial charge is 0.466 e. The number of hydrogen-bond donors (Lipinski definition) is 2. The van der Waals surface area contributed by atoms with E-state index in [1.807, 2.05) is 0 Å². The molecule has 7 atom stereocenters. The molecule has 5 heteroatoms. The van der Waals surface area contributed by atoms with Gasteiger partial charge in [-0.05, 0) is 61.7 Å². The molecule has 5 nitrogen and oxygen atoms in total. The number of aliphatic hydroxyl groups is 2. The molecular weight excluding hydrogens is 332 g/mol. The van der Waals surface area contributed by atoms with Crippen molar-refractivity contribution in [1.82, 2.24) is 0 Å². The van der Waals surface area contributed by atoms with E-state index < -0.39 is 0 Å². The van der Waals surface area contributed by atoms with Gasteiger partial charge in [-0.3, -0.25) is 9.59 Å². The van der Waals surface area contributed by atoms with Crippen molar-refractivity contribution in [2.75, 3.05) is 13.2 Å². The highest BCUT2D eigenvalue weighted by molar-refractivity contribution is 5.87. The van der Waals surface area contributed by atoms with E-state index in [0.717, 1.165) is 32.1 Å². The Kier molecular flexibility index (Phi) is 5.51. The molecule has 0 bridgehead atoms. The van der Waals surface area contributed by atoms with Crippen LogP contribution in [0.4, 0.5) is 0 Å². The Morgan fingerprint density at radius 1 is 1.19 bits per heavy atom. The topological polar surface area (TPSA) is 83.8 Å². The molecule has 0 aromatic heterocycles. The van der Waals surface area contributed by atoms with Gasteiger partial charge in [-0.1, -0.05) is 13.8 Å². The van der Waals surface area contributed by atoms with Crippen LogP contribution in [0.15, 0.2) is 0 Å². The van der Waals surface area contributed by atoms with Crippen LogP contribution in [0.2, 0.25) is 0 Å². The van der Waals surface area contributed by atoms with Crippen LogP contribution in [0.5, 0.6) is 0 Å². The highest BCUT2D eigenvalue weighted by Gasteiger charge is 2.58. The first-order valence-electron chi connectivity index (χ1n) is 10.2. The lowest BCUT2D eigenvalue weighted by Crippen LogP contribution is -2.53. The van der Waals surface area contributed by atoms with Crippen LogP contribution in [-0.4, -0.2) is 41.3 Å². The van der Waals surface area contributed by atoms with Crippen molar-refractivity contribution < 1.29 is 24.5 Å². The summed E-state index contributed by atoms with van der Waals surface area (Å²) in [5.74, 6) is 0.836. The van der Waals surface area contributed by atoms with Gasteiger partial charge in [0, 0.05) is 31.3 Å². The molecule has 0 radical (unpaired) electrons. The van der Waals surface area contributed by atoms with Gasteiger partial charge in [-0.25, -0.2) is 0 Å². The van der Waals surface area contributed by atoms with Gasteiger partial charge in [0.2, 0.25) is 0 Å². The van der Waals surface area contributed by atoms with E-state index in [4.69, 9.17) is 4.74 Å². The first kappa shape index (κ1) is 19.8. The molecule has 0 aromatic rings. The zero-order chi connectivity index (χ0) is 19.1. The second-order valence-electron chi connectivity index (χ2n) is 9.41. The van der Waals surface area contributed by atoms with Crippen LogP contribution >= 0.6 is 0 Å². The number of carbonyl (C=O) groups excluding carboxylic acids is 2. The van der Waals surface area contributed by atoms with Gasteiger partial charge >= 0.3 is 5.97 Å². The second kappa shape index (κ2) is 7.23. The summed E-state index contributed by atoms with van der Waals surface area (Å²) in [6, 6.07) is 0. The summed E-state index contributed by atoms with van der Waals surface area (Å²) in [6.07, 6.45) is 5.23. The van der Waals surface area contributed by atoms with Crippen molar-refractivity contribution in [3.8, 4) is 0 Å². The highest BCUT2D eigenvalue weighted by Crippen LogP contribution is 2.61. The van der Waals surface area contributed by atoms with Crippen LogP contribution in [0.1, 0.15) is 65.7 Å². The maximum Gasteiger partial charge on any atom is 0.302 e. The van der Waals surface area contributed by atoms with Gasteiger partial charge in [0.1, 0.15) is 5.78 Å². The van der Waals surface area contributed by atoms with E-state index in [9.17, 15) is 19.8 Å². The maximum absolute atomic E-state index is 12.6. The monoisotopic (exact) mass is 366 g/mol. The minimum absolute atomic E-state index is 0.0533. The number of fused-ring (bicyclic) bond motifs is 1. The summed E-state index contributed by atoms with van der Waals surface area (Å²) in [7, 11) is 0. The number of rotatable bonds is 4. The molecule has 3 saturated carbocycles. The van der Waals surface area contributed by atoms with Crippen molar-refractivity contribution in [1.29, 1.82) is 0 Å². The number of ether oxygens (including phenoxy) is 1. The van der Waals surface area contributed by atoms with Crippen LogP contribution in [0.25, 0.3) is 0 Å². The fraction of sp³-hybridized carbons (Fsp3) is 0.905. The number of ketones is 1. The predicted molar refractivity (Wildman–Crippen MR) is 97.2 cm³/mol. The lowest BCUT2D eigenvalue weighted by molar-refractivity contribution is -0.153. The minimum Gasteiger partial charge on any atom is -0.466 e. The molecule has 26 heavy (non-hydrogen) atoms. The zero-order valence-electron chi connectivity index (χ0n) is 16.4. The van der Waals surface area contributed by atoms with E-state index in [2.05, 4.69) is 13.8 Å². The molecule has 3 fully saturated rings. The Hall–Kier alpha value is -0.940. The molecule has 2 N–H and O–H groups in total. The van der Waals surface area contributed by atoms with E-state index in [0.29, 0.717) is 31.1 Å². The SMILES string of the molecule is CC(=O)OC[C@@H]1[C@@H]([C@]2(C)CC[C@H](O)C[C@@H]2CO)CC[C@]2(C)C(=O)CC[C@@H]12. The molecule has 0 aromatic carbocycles. The summed E-state index contributed by atoms with van der Waals surface area (Å²) in [5.41, 5.74) is -0.383. The van der Waals surface area contributed by atoms with Crippen molar-refractivity contribution in [3.05, 3.63) is 0 Å². The average Bonchev–Trinajstić information content (AvgIpc) is 2.90. The van der Waals surface area contributed by atoms with E-state index >= 15 is 0 Å². The molecule has 0 saturated heterocycles. The number of esters is 1. The van der Waals surface area contributed by atoms with Crippen LogP contribution in [-0.2, 0) is 14.3 Å². The molecule has 3 aliphatic rings. The second-order valence-corrected chi connectivity index (χ2v) is 9.41. The standard InChI is InChI=1S/C21H34O5/c1-13(23)26-12-16-17-4-5-19(25)21(17,3)9-7-18(16)20(2)8-6-15(24)10-14(20)11-22/h14-18,22,24H,4-12H2,1-3H3/t14-,15+,16+,17+,18+,20-,21+/m1/s1. The third kappa shape index (κ3) is 3.22. The Morgan fingerprint density at radius 3 is 2.58 bits per heavy atom. The summed E-state index contributed by atoms with van der Waals surface area (Å²) in [6.45, 7) is 6.21. The predicted octanol–water partition coefficient (Wildman–Crippen LogP) is 2.72. The van der Waals surface area contributed by atoms with Crippen LogP contribution in [0.3, 0.4) is 0 Å². The van der Waals surface area contributed by atoms with Crippen molar-refractivity contribution >= 4 is 11.8 Å². The third-order valence-corrected chi connectivity index (χ3v) is 8.20. The van der Waals surface area contributed by atoms with Gasteiger partial charge in [0.05, 0.1) is 12.7 Å². The first-order chi connectivity index (χ1) is 12.2. The smallest absolute Gasteiger partial charge is 0.302 e. The lowest BCUT2D eigenvalue weighted by atomic mass is 9.49. The molecular formula is C21H34O5. The Labute approximate surface area is 156 Å². The van der Waals surface area contributed by atoms with Gasteiger partial charge in [-0.2, -0.15) is 0 Å². The van der Waals surface area contributed by atoms with Gasteiger partial charge in [-0.15, -0.1) is 0 Å². The summed E-state index contributed by atoms with van der Waals surface area (Å²) in [4.78, 5) is 24.0. The number of carbonyl (C=O) groups is 2. The van der Waals surface area contributed by atoms with Crippen molar-refractivity contribution in [3.63, 3.8) is 0 Å².